The number of amides is 1. The van der Waals surface area contributed by atoms with Crippen molar-refractivity contribution in [2.75, 3.05) is 13.7 Å². The fourth-order valence-electron chi connectivity index (χ4n) is 1.53. The molecule has 0 aliphatic carbocycles. The Morgan fingerprint density at radius 2 is 2.21 bits per heavy atom. The quantitative estimate of drug-likeness (QED) is 0.594. The molecule has 0 aliphatic rings. The monoisotopic (exact) mass is 284 g/mol. The number of hydrogen-bond acceptors (Lipinski definition) is 3. The number of halogens is 1. The van der Waals surface area contributed by atoms with Crippen LogP contribution in [0.15, 0.2) is 18.2 Å². The van der Waals surface area contributed by atoms with E-state index in [1.54, 1.807) is 0 Å². The van der Waals surface area contributed by atoms with Crippen LogP contribution in [0.2, 0.25) is 0 Å². The van der Waals surface area contributed by atoms with Crippen LogP contribution >= 0.6 is 12.2 Å². The molecule has 0 bridgehead atoms. The van der Waals surface area contributed by atoms with Crippen molar-refractivity contribution in [3.63, 3.8) is 0 Å². The molecule has 0 fully saturated rings. The number of carbonyl (C=O) groups excluding carboxylic acids is 1. The van der Waals surface area contributed by atoms with Crippen molar-refractivity contribution >= 4 is 23.1 Å². The van der Waals surface area contributed by atoms with E-state index < -0.39 is 5.82 Å². The van der Waals surface area contributed by atoms with E-state index >= 15 is 0 Å². The van der Waals surface area contributed by atoms with Crippen LogP contribution in [0.3, 0.4) is 0 Å². The highest BCUT2D eigenvalue weighted by atomic mass is 32.1. The van der Waals surface area contributed by atoms with Crippen LogP contribution in [0.4, 0.5) is 4.39 Å². The molecule has 6 heteroatoms. The summed E-state index contributed by atoms with van der Waals surface area (Å²) in [5.74, 6) is -0.690. The summed E-state index contributed by atoms with van der Waals surface area (Å²) >= 11 is 4.75. The van der Waals surface area contributed by atoms with Crippen LogP contribution in [0.25, 0.3) is 0 Å². The van der Waals surface area contributed by atoms with E-state index in [0.717, 1.165) is 12.8 Å². The molecule has 1 aromatic carbocycles. The Labute approximate surface area is 117 Å². The zero-order valence-corrected chi connectivity index (χ0v) is 11.6. The smallest absolute Gasteiger partial charge is 0.251 e. The maximum Gasteiger partial charge on any atom is 0.251 e. The zero-order chi connectivity index (χ0) is 14.3. The highest BCUT2D eigenvalue weighted by Crippen LogP contribution is 2.18. The fraction of sp³-hybridized carbons (Fsp3) is 0.385. The molecule has 3 N–H and O–H groups in total. The largest absolute Gasteiger partial charge is 0.494 e. The van der Waals surface area contributed by atoms with Gasteiger partial charge in [0.15, 0.2) is 11.6 Å². The fourth-order valence-corrected chi connectivity index (χ4v) is 1.67. The molecule has 1 amide bonds. The van der Waals surface area contributed by atoms with E-state index in [2.05, 4.69) is 5.32 Å². The predicted octanol–water partition coefficient (Wildman–Crippen LogP) is 2.02. The van der Waals surface area contributed by atoms with Gasteiger partial charge in [0.2, 0.25) is 0 Å². The van der Waals surface area contributed by atoms with Gasteiger partial charge < -0.3 is 15.8 Å². The Morgan fingerprint density at radius 3 is 2.84 bits per heavy atom. The molecule has 0 unspecified atom stereocenters. The number of thiocarbonyl (C=S) groups is 1. The van der Waals surface area contributed by atoms with Gasteiger partial charge in [-0.1, -0.05) is 12.2 Å². The summed E-state index contributed by atoms with van der Waals surface area (Å²) in [6.07, 6.45) is 2.30. The van der Waals surface area contributed by atoms with E-state index in [0.29, 0.717) is 23.5 Å². The van der Waals surface area contributed by atoms with Gasteiger partial charge in [-0.25, -0.2) is 4.39 Å². The molecule has 0 saturated carbocycles. The minimum Gasteiger partial charge on any atom is -0.494 e. The van der Waals surface area contributed by atoms with Crippen molar-refractivity contribution in [3.05, 3.63) is 29.6 Å². The van der Waals surface area contributed by atoms with E-state index in [4.69, 9.17) is 22.7 Å². The molecule has 0 aliphatic heterocycles. The minimum atomic E-state index is -0.490. The first-order valence-electron chi connectivity index (χ1n) is 5.94. The van der Waals surface area contributed by atoms with E-state index in [9.17, 15) is 9.18 Å². The first-order valence-corrected chi connectivity index (χ1v) is 6.35. The lowest BCUT2D eigenvalue weighted by Crippen LogP contribution is -2.24. The second kappa shape index (κ2) is 7.68. The summed E-state index contributed by atoms with van der Waals surface area (Å²) in [5.41, 5.74) is 5.73. The Morgan fingerprint density at radius 1 is 1.47 bits per heavy atom. The number of carbonyl (C=O) groups is 1. The Hall–Kier alpha value is -1.69. The number of methoxy groups -OCH3 is 1. The van der Waals surface area contributed by atoms with Gasteiger partial charge >= 0.3 is 0 Å². The summed E-state index contributed by atoms with van der Waals surface area (Å²) in [6, 6.07) is 4.00. The second-order valence-corrected chi connectivity index (χ2v) is 4.55. The summed E-state index contributed by atoms with van der Waals surface area (Å²) < 4.78 is 18.0. The summed E-state index contributed by atoms with van der Waals surface area (Å²) in [4.78, 5) is 12.3. The third kappa shape index (κ3) is 5.21. The molecule has 1 rings (SSSR count). The first-order chi connectivity index (χ1) is 9.04. The van der Waals surface area contributed by atoms with Gasteiger partial charge in [0.25, 0.3) is 5.91 Å². The standard InChI is InChI=1S/C13H17FN2O2S/c1-18-11-8-9(5-6-10(11)14)13(17)16-7-3-2-4-12(15)19/h5-6,8H,2-4,7H2,1H3,(H2,15,19)(H,16,17). The number of hydrogen-bond donors (Lipinski definition) is 2. The Balaban J connectivity index is 2.43. The van der Waals surface area contributed by atoms with Gasteiger partial charge in [-0.05, 0) is 37.5 Å². The average Bonchev–Trinajstić information content (AvgIpc) is 2.38. The van der Waals surface area contributed by atoms with Gasteiger partial charge in [-0.15, -0.1) is 0 Å². The lowest BCUT2D eigenvalue weighted by atomic mass is 10.2. The molecule has 0 saturated heterocycles. The highest BCUT2D eigenvalue weighted by Gasteiger charge is 2.09. The molecular formula is C13H17FN2O2S. The SMILES string of the molecule is COc1cc(C(=O)NCCCCC(N)=S)ccc1F. The molecule has 0 aromatic heterocycles. The second-order valence-electron chi connectivity index (χ2n) is 4.03. The number of nitrogens with one attached hydrogen (secondary N) is 1. The maximum absolute atomic E-state index is 13.2. The van der Waals surface area contributed by atoms with Crippen molar-refractivity contribution in [2.45, 2.75) is 19.3 Å². The topological polar surface area (TPSA) is 64.3 Å². The normalized spacial score (nSPS) is 10.0. The van der Waals surface area contributed by atoms with E-state index in [1.807, 2.05) is 0 Å². The molecular weight excluding hydrogens is 267 g/mol. The van der Waals surface area contributed by atoms with Crippen LogP contribution in [-0.2, 0) is 0 Å². The Bertz CT molecular complexity index is 466. The van der Waals surface area contributed by atoms with Gasteiger partial charge in [0, 0.05) is 12.1 Å². The van der Waals surface area contributed by atoms with Gasteiger partial charge in [0.05, 0.1) is 12.1 Å². The summed E-state index contributed by atoms with van der Waals surface area (Å²) in [5, 5.41) is 2.74. The molecule has 19 heavy (non-hydrogen) atoms. The average molecular weight is 284 g/mol. The molecule has 1 aromatic rings. The number of unbranched alkanes of at least 4 members (excludes halogenated alkanes) is 1. The van der Waals surface area contributed by atoms with Crippen LogP contribution in [0, 0.1) is 5.82 Å². The predicted molar refractivity (Wildman–Crippen MR) is 75.9 cm³/mol. The van der Waals surface area contributed by atoms with E-state index in [1.165, 1.54) is 25.3 Å². The maximum atomic E-state index is 13.2. The van der Waals surface area contributed by atoms with Crippen LogP contribution in [0.5, 0.6) is 5.75 Å². The molecule has 0 atom stereocenters. The van der Waals surface area contributed by atoms with E-state index in [-0.39, 0.29) is 11.7 Å². The molecule has 4 nitrogen and oxygen atoms in total. The first kappa shape index (κ1) is 15.4. The number of nitrogens with two attached hydrogens (primary N) is 1. The van der Waals surface area contributed by atoms with Crippen molar-refractivity contribution in [1.82, 2.24) is 5.32 Å². The molecule has 0 heterocycles. The number of rotatable bonds is 7. The van der Waals surface area contributed by atoms with Gasteiger partial charge in [-0.2, -0.15) is 0 Å². The van der Waals surface area contributed by atoms with Crippen molar-refractivity contribution in [3.8, 4) is 5.75 Å². The lowest BCUT2D eigenvalue weighted by Gasteiger charge is -2.07. The number of ether oxygens (including phenoxy) is 1. The van der Waals surface area contributed by atoms with Gasteiger partial charge in [-0.3, -0.25) is 4.79 Å². The van der Waals surface area contributed by atoms with Gasteiger partial charge in [0.1, 0.15) is 0 Å². The summed E-state index contributed by atoms with van der Waals surface area (Å²) in [6.45, 7) is 0.529. The third-order valence-corrected chi connectivity index (χ3v) is 2.75. The van der Waals surface area contributed by atoms with Crippen LogP contribution in [-0.4, -0.2) is 24.6 Å². The summed E-state index contributed by atoms with van der Waals surface area (Å²) in [7, 11) is 1.36. The van der Waals surface area contributed by atoms with Crippen molar-refractivity contribution < 1.29 is 13.9 Å². The van der Waals surface area contributed by atoms with Crippen LogP contribution in [0.1, 0.15) is 29.6 Å². The third-order valence-electron chi connectivity index (χ3n) is 2.55. The van der Waals surface area contributed by atoms with Crippen molar-refractivity contribution in [2.24, 2.45) is 5.73 Å². The lowest BCUT2D eigenvalue weighted by molar-refractivity contribution is 0.0952. The highest BCUT2D eigenvalue weighted by molar-refractivity contribution is 7.80. The Kier molecular flexibility index (Phi) is 6.21. The van der Waals surface area contributed by atoms with Crippen molar-refractivity contribution in [1.29, 1.82) is 0 Å². The zero-order valence-electron chi connectivity index (χ0n) is 10.7. The van der Waals surface area contributed by atoms with Crippen LogP contribution < -0.4 is 15.8 Å². The molecule has 0 radical (unpaired) electrons. The minimum absolute atomic E-state index is 0.0566. The number of benzene rings is 1. The molecule has 104 valence electrons. The molecule has 0 spiro atoms.